The number of hydrogen-bond donors (Lipinski definition) is 1. The summed E-state index contributed by atoms with van der Waals surface area (Å²) in [4.78, 5) is 24.1. The molecule has 170 valence electrons. The molecular formula is C22H39N5O3. The zero-order valence-electron chi connectivity index (χ0n) is 19.0. The van der Waals surface area contributed by atoms with E-state index in [-0.39, 0.29) is 17.7 Å². The lowest BCUT2D eigenvalue weighted by molar-refractivity contribution is -0.0355. The molecule has 3 aliphatic heterocycles. The Kier molecular flexibility index (Phi) is 6.44. The number of guanidine groups is 1. The van der Waals surface area contributed by atoms with Gasteiger partial charge in [-0.2, -0.15) is 0 Å². The molecule has 1 saturated carbocycles. The van der Waals surface area contributed by atoms with Crippen molar-refractivity contribution in [3.8, 4) is 0 Å². The number of fused-ring (bicyclic) bond motifs is 1. The Bertz CT molecular complexity index is 635. The molecule has 4 aliphatic rings. The first-order valence-corrected chi connectivity index (χ1v) is 11.7. The van der Waals surface area contributed by atoms with Gasteiger partial charge in [-0.25, -0.2) is 4.79 Å². The number of carbonyl (C=O) groups excluding carboxylic acids is 1. The standard InChI is InChI=1S/C22H39N5O3/c1-21(2,3)30-20(28)25-9-10-27-18(16-25)15-23-19(27)24-17-22(7-5-4-6-8-22)26-11-13-29-14-12-26/h18H,4-17H2,1-3H3,(H,23,24). The summed E-state index contributed by atoms with van der Waals surface area (Å²) in [6, 6.07) is 0.250. The molecule has 2 saturated heterocycles. The fraction of sp³-hybridized carbons (Fsp3) is 0.909. The van der Waals surface area contributed by atoms with E-state index in [2.05, 4.69) is 15.1 Å². The van der Waals surface area contributed by atoms with Crippen LogP contribution in [-0.2, 0) is 9.47 Å². The molecule has 0 aromatic heterocycles. The quantitative estimate of drug-likeness (QED) is 0.751. The van der Waals surface area contributed by atoms with Gasteiger partial charge in [-0.1, -0.05) is 19.3 Å². The van der Waals surface area contributed by atoms with E-state index >= 15 is 0 Å². The van der Waals surface area contributed by atoms with E-state index in [1.807, 2.05) is 25.7 Å². The third-order valence-electron chi connectivity index (χ3n) is 6.90. The number of piperazine rings is 1. The van der Waals surface area contributed by atoms with Gasteiger partial charge in [-0.3, -0.25) is 9.89 Å². The number of rotatable bonds is 3. The predicted octanol–water partition coefficient (Wildman–Crippen LogP) is 1.90. The molecule has 8 nitrogen and oxygen atoms in total. The molecule has 1 aliphatic carbocycles. The molecule has 1 N–H and O–H groups in total. The summed E-state index contributed by atoms with van der Waals surface area (Å²) < 4.78 is 11.2. The van der Waals surface area contributed by atoms with Gasteiger partial charge in [0.2, 0.25) is 0 Å². The Morgan fingerprint density at radius 2 is 1.90 bits per heavy atom. The number of morpholine rings is 1. The van der Waals surface area contributed by atoms with Crippen LogP contribution in [0, 0.1) is 0 Å². The Labute approximate surface area is 180 Å². The largest absolute Gasteiger partial charge is 0.444 e. The minimum Gasteiger partial charge on any atom is -0.444 e. The van der Waals surface area contributed by atoms with Crippen molar-refractivity contribution in [3.05, 3.63) is 0 Å². The monoisotopic (exact) mass is 421 g/mol. The number of amides is 1. The summed E-state index contributed by atoms with van der Waals surface area (Å²) in [6.07, 6.45) is 6.26. The van der Waals surface area contributed by atoms with Gasteiger partial charge in [0.1, 0.15) is 5.60 Å². The molecule has 3 fully saturated rings. The van der Waals surface area contributed by atoms with Crippen LogP contribution in [0.1, 0.15) is 52.9 Å². The Hall–Kier alpha value is -1.54. The zero-order chi connectivity index (χ0) is 21.2. The van der Waals surface area contributed by atoms with Crippen LogP contribution in [0.15, 0.2) is 4.99 Å². The van der Waals surface area contributed by atoms with Gasteiger partial charge in [-0.15, -0.1) is 0 Å². The fourth-order valence-corrected chi connectivity index (χ4v) is 5.32. The van der Waals surface area contributed by atoms with E-state index in [4.69, 9.17) is 14.5 Å². The van der Waals surface area contributed by atoms with Crippen LogP contribution in [0.25, 0.3) is 0 Å². The summed E-state index contributed by atoms with van der Waals surface area (Å²) in [5.41, 5.74) is -0.234. The normalized spacial score (nSPS) is 27.4. The first-order valence-electron chi connectivity index (χ1n) is 11.7. The topological polar surface area (TPSA) is 69.6 Å². The molecule has 1 unspecified atom stereocenters. The molecule has 0 radical (unpaired) electrons. The van der Waals surface area contributed by atoms with Crippen LogP contribution in [0.5, 0.6) is 0 Å². The predicted molar refractivity (Wildman–Crippen MR) is 117 cm³/mol. The molecule has 0 spiro atoms. The second-order valence-corrected chi connectivity index (χ2v) is 10.2. The van der Waals surface area contributed by atoms with Crippen molar-refractivity contribution in [1.29, 1.82) is 0 Å². The van der Waals surface area contributed by atoms with Crippen LogP contribution in [0.2, 0.25) is 0 Å². The van der Waals surface area contributed by atoms with E-state index in [9.17, 15) is 4.79 Å². The molecule has 4 rings (SSSR count). The molecule has 8 heteroatoms. The lowest BCUT2D eigenvalue weighted by Crippen LogP contribution is -2.62. The second kappa shape index (κ2) is 8.91. The molecular weight excluding hydrogens is 382 g/mol. The van der Waals surface area contributed by atoms with Crippen molar-refractivity contribution in [2.75, 3.05) is 59.0 Å². The van der Waals surface area contributed by atoms with Crippen molar-refractivity contribution in [3.63, 3.8) is 0 Å². The van der Waals surface area contributed by atoms with Gasteiger partial charge in [-0.05, 0) is 33.6 Å². The van der Waals surface area contributed by atoms with Gasteiger partial charge >= 0.3 is 6.09 Å². The van der Waals surface area contributed by atoms with Gasteiger partial charge in [0.25, 0.3) is 0 Å². The molecule has 0 aromatic rings. The maximum absolute atomic E-state index is 12.4. The van der Waals surface area contributed by atoms with Gasteiger partial charge in [0.05, 0.1) is 25.8 Å². The number of aliphatic imine (C=N–C) groups is 1. The maximum atomic E-state index is 12.4. The average molecular weight is 422 g/mol. The highest BCUT2D eigenvalue weighted by molar-refractivity contribution is 5.82. The molecule has 0 bridgehead atoms. The minimum atomic E-state index is -0.457. The Morgan fingerprint density at radius 3 is 2.60 bits per heavy atom. The summed E-state index contributed by atoms with van der Waals surface area (Å²) in [5, 5.41) is 3.73. The van der Waals surface area contributed by atoms with E-state index in [0.29, 0.717) is 13.1 Å². The van der Waals surface area contributed by atoms with E-state index in [1.54, 1.807) is 0 Å². The van der Waals surface area contributed by atoms with Crippen molar-refractivity contribution >= 4 is 12.1 Å². The smallest absolute Gasteiger partial charge is 0.410 e. The van der Waals surface area contributed by atoms with Crippen LogP contribution >= 0.6 is 0 Å². The first-order chi connectivity index (χ1) is 14.4. The number of ether oxygens (including phenoxy) is 2. The van der Waals surface area contributed by atoms with E-state index in [1.165, 1.54) is 32.1 Å². The molecule has 1 atom stereocenters. The number of nitrogens with one attached hydrogen (secondary N) is 1. The highest BCUT2D eigenvalue weighted by Gasteiger charge is 2.41. The third kappa shape index (κ3) is 4.85. The highest BCUT2D eigenvalue weighted by atomic mass is 16.6. The van der Waals surface area contributed by atoms with Crippen molar-refractivity contribution in [2.45, 2.75) is 70.1 Å². The molecule has 3 heterocycles. The molecule has 30 heavy (non-hydrogen) atoms. The Morgan fingerprint density at radius 1 is 1.17 bits per heavy atom. The van der Waals surface area contributed by atoms with Gasteiger partial charge in [0, 0.05) is 44.8 Å². The number of carbonyl (C=O) groups is 1. The minimum absolute atomic E-state index is 0.211. The van der Waals surface area contributed by atoms with Gasteiger partial charge in [0.15, 0.2) is 5.96 Å². The lowest BCUT2D eigenvalue weighted by atomic mass is 9.80. The number of nitrogens with zero attached hydrogens (tertiary/aromatic N) is 4. The third-order valence-corrected chi connectivity index (χ3v) is 6.90. The van der Waals surface area contributed by atoms with Crippen molar-refractivity contribution in [2.24, 2.45) is 4.99 Å². The lowest BCUT2D eigenvalue weighted by Gasteiger charge is -2.48. The summed E-state index contributed by atoms with van der Waals surface area (Å²) in [7, 11) is 0. The molecule has 1 amide bonds. The Balaban J connectivity index is 1.33. The van der Waals surface area contributed by atoms with Crippen LogP contribution in [0.4, 0.5) is 4.79 Å². The summed E-state index contributed by atoms with van der Waals surface area (Å²) in [5.74, 6) is 1.02. The van der Waals surface area contributed by atoms with E-state index < -0.39 is 5.60 Å². The van der Waals surface area contributed by atoms with Gasteiger partial charge < -0.3 is 24.6 Å². The summed E-state index contributed by atoms with van der Waals surface area (Å²) in [6.45, 7) is 13.4. The van der Waals surface area contributed by atoms with Crippen LogP contribution in [-0.4, -0.2) is 103 Å². The fourth-order valence-electron chi connectivity index (χ4n) is 5.32. The summed E-state index contributed by atoms with van der Waals surface area (Å²) >= 11 is 0. The SMILES string of the molecule is CC(C)(C)OC(=O)N1CCN2C(NCC3(N4CCOCC4)CCCCC3)=NCC2C1. The second-order valence-electron chi connectivity index (χ2n) is 10.2. The zero-order valence-corrected chi connectivity index (χ0v) is 19.0. The first kappa shape index (κ1) is 21.7. The molecule has 0 aromatic carbocycles. The highest BCUT2D eigenvalue weighted by Crippen LogP contribution is 2.34. The van der Waals surface area contributed by atoms with Crippen LogP contribution in [0.3, 0.4) is 0 Å². The van der Waals surface area contributed by atoms with E-state index in [0.717, 1.165) is 51.9 Å². The van der Waals surface area contributed by atoms with Crippen molar-refractivity contribution in [1.82, 2.24) is 20.0 Å². The van der Waals surface area contributed by atoms with Crippen LogP contribution < -0.4 is 5.32 Å². The average Bonchev–Trinajstić information content (AvgIpc) is 3.15. The number of hydrogen-bond acceptors (Lipinski definition) is 7. The van der Waals surface area contributed by atoms with Crippen molar-refractivity contribution < 1.29 is 14.3 Å². The maximum Gasteiger partial charge on any atom is 0.410 e.